The SMILES string of the molecule is NCCc1nc(-c2ccco2)n[nH]1. The van der Waals surface area contributed by atoms with Crippen molar-refractivity contribution in [2.24, 2.45) is 5.73 Å². The number of nitrogens with two attached hydrogens (primary N) is 1. The molecule has 3 N–H and O–H groups in total. The second-order valence-electron chi connectivity index (χ2n) is 2.62. The van der Waals surface area contributed by atoms with E-state index in [1.165, 1.54) is 0 Å². The lowest BCUT2D eigenvalue weighted by Gasteiger charge is -1.86. The van der Waals surface area contributed by atoms with Gasteiger partial charge >= 0.3 is 0 Å². The highest BCUT2D eigenvalue weighted by molar-refractivity contribution is 5.45. The molecule has 0 fully saturated rings. The normalized spacial score (nSPS) is 10.5. The van der Waals surface area contributed by atoms with Crippen LogP contribution in [0.3, 0.4) is 0 Å². The summed E-state index contributed by atoms with van der Waals surface area (Å²) >= 11 is 0. The van der Waals surface area contributed by atoms with E-state index in [1.54, 1.807) is 12.3 Å². The Hall–Kier alpha value is -1.62. The maximum absolute atomic E-state index is 5.38. The second-order valence-corrected chi connectivity index (χ2v) is 2.62. The van der Waals surface area contributed by atoms with Crippen LogP contribution in [0.5, 0.6) is 0 Å². The maximum atomic E-state index is 5.38. The van der Waals surface area contributed by atoms with Gasteiger partial charge in [-0.15, -0.1) is 0 Å². The molecular formula is C8H10N4O. The van der Waals surface area contributed by atoms with Gasteiger partial charge in [-0.3, -0.25) is 5.10 Å². The maximum Gasteiger partial charge on any atom is 0.216 e. The molecule has 0 atom stereocenters. The Labute approximate surface area is 75.0 Å². The van der Waals surface area contributed by atoms with Crippen molar-refractivity contribution in [3.8, 4) is 11.6 Å². The lowest BCUT2D eigenvalue weighted by Crippen LogP contribution is -2.03. The largest absolute Gasteiger partial charge is 0.461 e. The van der Waals surface area contributed by atoms with E-state index >= 15 is 0 Å². The Morgan fingerprint density at radius 1 is 1.54 bits per heavy atom. The molecule has 0 aliphatic rings. The molecule has 0 aliphatic carbocycles. The molecule has 0 saturated heterocycles. The highest BCUT2D eigenvalue weighted by Gasteiger charge is 2.06. The molecular weight excluding hydrogens is 168 g/mol. The molecule has 0 bridgehead atoms. The fourth-order valence-electron chi connectivity index (χ4n) is 1.06. The van der Waals surface area contributed by atoms with Crippen LogP contribution in [0.25, 0.3) is 11.6 Å². The lowest BCUT2D eigenvalue weighted by atomic mass is 10.4. The molecule has 0 aliphatic heterocycles. The van der Waals surface area contributed by atoms with E-state index in [9.17, 15) is 0 Å². The summed E-state index contributed by atoms with van der Waals surface area (Å²) in [6.07, 6.45) is 2.29. The van der Waals surface area contributed by atoms with Crippen LogP contribution in [0.15, 0.2) is 22.8 Å². The lowest BCUT2D eigenvalue weighted by molar-refractivity contribution is 0.577. The molecule has 0 spiro atoms. The van der Waals surface area contributed by atoms with E-state index < -0.39 is 0 Å². The van der Waals surface area contributed by atoms with E-state index in [0.717, 1.165) is 5.82 Å². The number of hydrogen-bond acceptors (Lipinski definition) is 4. The van der Waals surface area contributed by atoms with Gasteiger partial charge in [-0.1, -0.05) is 0 Å². The topological polar surface area (TPSA) is 80.7 Å². The zero-order chi connectivity index (χ0) is 9.10. The van der Waals surface area contributed by atoms with Gasteiger partial charge in [-0.25, -0.2) is 4.98 Å². The van der Waals surface area contributed by atoms with Crippen molar-refractivity contribution < 1.29 is 4.42 Å². The monoisotopic (exact) mass is 178 g/mol. The molecule has 0 unspecified atom stereocenters. The van der Waals surface area contributed by atoms with Crippen molar-refractivity contribution in [1.29, 1.82) is 0 Å². The predicted octanol–water partition coefficient (Wildman–Crippen LogP) is 0.566. The Bertz CT molecular complexity index is 365. The zero-order valence-corrected chi connectivity index (χ0v) is 7.03. The Balaban J connectivity index is 2.23. The summed E-state index contributed by atoms with van der Waals surface area (Å²) in [4.78, 5) is 4.20. The first-order valence-corrected chi connectivity index (χ1v) is 4.05. The molecule has 2 aromatic heterocycles. The van der Waals surface area contributed by atoms with Crippen molar-refractivity contribution >= 4 is 0 Å². The van der Waals surface area contributed by atoms with Crippen LogP contribution in [0.1, 0.15) is 5.82 Å². The molecule has 0 saturated carbocycles. The van der Waals surface area contributed by atoms with Crippen LogP contribution >= 0.6 is 0 Å². The van der Waals surface area contributed by atoms with Crippen molar-refractivity contribution in [2.75, 3.05) is 6.54 Å². The first-order valence-electron chi connectivity index (χ1n) is 4.05. The van der Waals surface area contributed by atoms with E-state index in [4.69, 9.17) is 10.2 Å². The Kier molecular flexibility index (Phi) is 2.09. The summed E-state index contributed by atoms with van der Waals surface area (Å²) in [5.41, 5.74) is 5.38. The summed E-state index contributed by atoms with van der Waals surface area (Å²) in [5, 5.41) is 6.79. The molecule has 0 amide bonds. The minimum absolute atomic E-state index is 0.562. The number of aromatic nitrogens is 3. The van der Waals surface area contributed by atoms with E-state index in [-0.39, 0.29) is 0 Å². The minimum atomic E-state index is 0.562. The van der Waals surface area contributed by atoms with Crippen LogP contribution in [0.4, 0.5) is 0 Å². The number of hydrogen-bond donors (Lipinski definition) is 2. The van der Waals surface area contributed by atoms with Gasteiger partial charge in [0.15, 0.2) is 5.76 Å². The van der Waals surface area contributed by atoms with Crippen LogP contribution in [-0.2, 0) is 6.42 Å². The average Bonchev–Trinajstić information content (AvgIpc) is 2.70. The number of rotatable bonds is 3. The first kappa shape index (κ1) is 8.00. The molecule has 5 nitrogen and oxygen atoms in total. The van der Waals surface area contributed by atoms with Crippen LogP contribution in [-0.4, -0.2) is 21.7 Å². The fraction of sp³-hybridized carbons (Fsp3) is 0.250. The number of nitrogens with one attached hydrogen (secondary N) is 1. The van der Waals surface area contributed by atoms with E-state index in [2.05, 4.69) is 15.2 Å². The van der Waals surface area contributed by atoms with Gasteiger partial charge in [0.1, 0.15) is 5.82 Å². The summed E-state index contributed by atoms with van der Waals surface area (Å²) in [7, 11) is 0. The first-order chi connectivity index (χ1) is 6.40. The summed E-state index contributed by atoms with van der Waals surface area (Å²) in [6, 6.07) is 3.61. The molecule has 0 radical (unpaired) electrons. The molecule has 5 heteroatoms. The Morgan fingerprint density at radius 3 is 3.15 bits per heavy atom. The summed E-state index contributed by atoms with van der Waals surface area (Å²) in [5.74, 6) is 2.03. The van der Waals surface area contributed by atoms with E-state index in [0.29, 0.717) is 24.6 Å². The smallest absolute Gasteiger partial charge is 0.216 e. The molecule has 68 valence electrons. The second kappa shape index (κ2) is 3.40. The average molecular weight is 178 g/mol. The molecule has 0 aromatic carbocycles. The molecule has 2 aromatic rings. The van der Waals surface area contributed by atoms with Gasteiger partial charge in [0, 0.05) is 6.42 Å². The van der Waals surface area contributed by atoms with Gasteiger partial charge < -0.3 is 10.2 Å². The standard InChI is InChI=1S/C8H10N4O/c9-4-3-7-10-8(12-11-7)6-2-1-5-13-6/h1-2,5H,3-4,9H2,(H,10,11,12). The van der Waals surface area contributed by atoms with Gasteiger partial charge in [0.25, 0.3) is 0 Å². The number of nitrogens with zero attached hydrogens (tertiary/aromatic N) is 2. The van der Waals surface area contributed by atoms with Crippen LogP contribution < -0.4 is 5.73 Å². The van der Waals surface area contributed by atoms with Crippen molar-refractivity contribution in [1.82, 2.24) is 15.2 Å². The number of aromatic amines is 1. The van der Waals surface area contributed by atoms with Gasteiger partial charge in [-0.05, 0) is 18.7 Å². The van der Waals surface area contributed by atoms with E-state index in [1.807, 2.05) is 6.07 Å². The molecule has 2 heterocycles. The van der Waals surface area contributed by atoms with Crippen molar-refractivity contribution in [3.05, 3.63) is 24.2 Å². The number of H-pyrrole nitrogens is 1. The van der Waals surface area contributed by atoms with Crippen LogP contribution in [0, 0.1) is 0 Å². The van der Waals surface area contributed by atoms with Gasteiger partial charge in [0.2, 0.25) is 5.82 Å². The van der Waals surface area contributed by atoms with Crippen LogP contribution in [0.2, 0.25) is 0 Å². The van der Waals surface area contributed by atoms with Gasteiger partial charge in [-0.2, -0.15) is 5.10 Å². The van der Waals surface area contributed by atoms with Gasteiger partial charge in [0.05, 0.1) is 6.26 Å². The third-order valence-electron chi connectivity index (χ3n) is 1.65. The zero-order valence-electron chi connectivity index (χ0n) is 7.03. The highest BCUT2D eigenvalue weighted by atomic mass is 16.3. The highest BCUT2D eigenvalue weighted by Crippen LogP contribution is 2.14. The third-order valence-corrected chi connectivity index (χ3v) is 1.65. The summed E-state index contributed by atoms with van der Waals surface area (Å²) < 4.78 is 5.13. The predicted molar refractivity (Wildman–Crippen MR) is 46.8 cm³/mol. The van der Waals surface area contributed by atoms with Crippen molar-refractivity contribution in [3.63, 3.8) is 0 Å². The summed E-state index contributed by atoms with van der Waals surface area (Å²) in [6.45, 7) is 0.562. The molecule has 13 heavy (non-hydrogen) atoms. The minimum Gasteiger partial charge on any atom is -0.461 e. The molecule has 2 rings (SSSR count). The Morgan fingerprint density at radius 2 is 2.46 bits per heavy atom. The quantitative estimate of drug-likeness (QED) is 0.719. The number of furan rings is 1. The van der Waals surface area contributed by atoms with Crippen molar-refractivity contribution in [2.45, 2.75) is 6.42 Å². The third kappa shape index (κ3) is 1.59. The fourth-order valence-corrected chi connectivity index (χ4v) is 1.06.